The fraction of sp³-hybridized carbons (Fsp3) is 0.125. The Morgan fingerprint density at radius 3 is 1.51 bits per heavy atom. The molecule has 0 amide bonds. The van der Waals surface area contributed by atoms with Crippen LogP contribution in [0.2, 0.25) is 0 Å². The van der Waals surface area contributed by atoms with Crippen LogP contribution in [0.1, 0.15) is 49.9 Å². The van der Waals surface area contributed by atoms with Gasteiger partial charge < -0.3 is 9.47 Å². The molecule has 2 aliphatic carbocycles. The first-order chi connectivity index (χ1) is 24.7. The van der Waals surface area contributed by atoms with E-state index >= 15 is 0 Å². The maximum absolute atomic E-state index is 14.0. The Kier molecular flexibility index (Phi) is 6.19. The van der Waals surface area contributed by atoms with Crippen molar-refractivity contribution in [3.8, 4) is 27.9 Å². The molecule has 0 spiro atoms. The number of halogens is 1. The number of fused-ring (bicyclic) bond motifs is 9. The Bertz CT molecular complexity index is 2600. The Morgan fingerprint density at radius 1 is 0.431 bits per heavy atom. The molecule has 0 atom stereocenters. The number of hydrogen-bond acceptors (Lipinski definition) is 1. The molecule has 1 heterocycles. The van der Waals surface area contributed by atoms with E-state index in [4.69, 9.17) is 0 Å². The fourth-order valence-electron chi connectivity index (χ4n) is 9.08. The van der Waals surface area contributed by atoms with E-state index in [1.165, 1.54) is 56.6 Å². The van der Waals surface area contributed by atoms with Crippen LogP contribution in [0.15, 0.2) is 152 Å². The van der Waals surface area contributed by atoms with Crippen molar-refractivity contribution in [1.82, 2.24) is 4.57 Å². The molecule has 7 aromatic carbocycles. The van der Waals surface area contributed by atoms with Crippen molar-refractivity contribution in [3.63, 3.8) is 0 Å². The molecule has 0 saturated heterocycles. The van der Waals surface area contributed by atoms with Crippen LogP contribution in [-0.2, 0) is 10.8 Å². The minimum Gasteiger partial charge on any atom is -0.310 e. The van der Waals surface area contributed by atoms with E-state index in [1.54, 1.807) is 0 Å². The Labute approximate surface area is 298 Å². The van der Waals surface area contributed by atoms with Crippen molar-refractivity contribution in [3.05, 3.63) is 180 Å². The van der Waals surface area contributed by atoms with E-state index in [0.29, 0.717) is 0 Å². The second-order valence-electron chi connectivity index (χ2n) is 15.2. The zero-order valence-corrected chi connectivity index (χ0v) is 29.2. The first-order valence-corrected chi connectivity index (χ1v) is 17.8. The molecule has 0 aliphatic heterocycles. The van der Waals surface area contributed by atoms with Crippen molar-refractivity contribution < 1.29 is 4.39 Å². The zero-order valence-electron chi connectivity index (χ0n) is 29.2. The third kappa shape index (κ3) is 4.21. The van der Waals surface area contributed by atoms with Gasteiger partial charge in [0.2, 0.25) is 0 Å². The topological polar surface area (TPSA) is 8.17 Å². The van der Waals surface area contributed by atoms with E-state index < -0.39 is 0 Å². The van der Waals surface area contributed by atoms with Crippen molar-refractivity contribution in [2.24, 2.45) is 0 Å². The fourth-order valence-corrected chi connectivity index (χ4v) is 9.08. The molecule has 0 bridgehead atoms. The molecular weight excluding hydrogens is 624 g/mol. The lowest BCUT2D eigenvalue weighted by Gasteiger charge is -2.30. The van der Waals surface area contributed by atoms with Gasteiger partial charge in [-0.1, -0.05) is 107 Å². The van der Waals surface area contributed by atoms with Gasteiger partial charge in [0.05, 0.1) is 11.0 Å². The van der Waals surface area contributed by atoms with Gasteiger partial charge in [0.15, 0.2) is 0 Å². The van der Waals surface area contributed by atoms with Crippen molar-refractivity contribution >= 4 is 38.9 Å². The number of hydrogen-bond donors (Lipinski definition) is 0. The maximum Gasteiger partial charge on any atom is 0.123 e. The summed E-state index contributed by atoms with van der Waals surface area (Å²) in [6, 6.07) is 53.8. The summed E-state index contributed by atoms with van der Waals surface area (Å²) in [5.74, 6) is -0.237. The third-order valence-corrected chi connectivity index (χ3v) is 11.6. The molecule has 1 aromatic heterocycles. The number of aromatic nitrogens is 1. The lowest BCUT2D eigenvalue weighted by atomic mass is 9.82. The Morgan fingerprint density at radius 2 is 0.902 bits per heavy atom. The molecule has 3 heteroatoms. The highest BCUT2D eigenvalue weighted by molar-refractivity contribution is 6.10. The first kappa shape index (κ1) is 29.9. The summed E-state index contributed by atoms with van der Waals surface area (Å²) in [5.41, 5.74) is 16.9. The summed E-state index contributed by atoms with van der Waals surface area (Å²) < 4.78 is 16.3. The average molecular weight is 661 g/mol. The molecule has 10 rings (SSSR count). The van der Waals surface area contributed by atoms with Gasteiger partial charge in [0.25, 0.3) is 0 Å². The molecule has 246 valence electrons. The summed E-state index contributed by atoms with van der Waals surface area (Å²) in [5, 5.41) is 2.31. The Balaban J connectivity index is 1.21. The molecule has 0 fully saturated rings. The van der Waals surface area contributed by atoms with E-state index in [0.717, 1.165) is 44.6 Å². The van der Waals surface area contributed by atoms with Gasteiger partial charge in [0.1, 0.15) is 5.82 Å². The molecule has 2 nitrogen and oxygen atoms in total. The number of nitrogens with zero attached hydrogens (tertiary/aromatic N) is 2. The molecule has 0 unspecified atom stereocenters. The molecule has 2 aliphatic rings. The molecule has 0 saturated carbocycles. The maximum atomic E-state index is 14.0. The van der Waals surface area contributed by atoms with Crippen molar-refractivity contribution in [1.29, 1.82) is 0 Å². The molecular formula is C48H37FN2. The quantitative estimate of drug-likeness (QED) is 0.182. The summed E-state index contributed by atoms with van der Waals surface area (Å²) in [6.45, 7) is 9.38. The van der Waals surface area contributed by atoms with Crippen LogP contribution < -0.4 is 4.90 Å². The summed E-state index contributed by atoms with van der Waals surface area (Å²) >= 11 is 0. The third-order valence-electron chi connectivity index (χ3n) is 11.6. The lowest BCUT2D eigenvalue weighted by Crippen LogP contribution is -2.18. The molecule has 0 radical (unpaired) electrons. The lowest BCUT2D eigenvalue weighted by molar-refractivity contribution is 0.627. The van der Waals surface area contributed by atoms with Gasteiger partial charge in [-0.05, 0) is 117 Å². The van der Waals surface area contributed by atoms with Gasteiger partial charge in [-0.15, -0.1) is 0 Å². The van der Waals surface area contributed by atoms with Crippen molar-refractivity contribution in [2.45, 2.75) is 38.5 Å². The van der Waals surface area contributed by atoms with E-state index in [2.05, 4.69) is 165 Å². The van der Waals surface area contributed by atoms with Gasteiger partial charge >= 0.3 is 0 Å². The zero-order chi connectivity index (χ0) is 34.6. The van der Waals surface area contributed by atoms with Gasteiger partial charge in [-0.2, -0.15) is 0 Å². The molecule has 51 heavy (non-hydrogen) atoms. The number of benzene rings is 7. The number of para-hydroxylation sites is 1. The molecule has 8 aromatic rings. The SMILES string of the molecule is CC1(C)c2ccccc2-c2ccc(N(c3ccc4c(c3)C(C)(C)c3ccccc3-4)c3ccc4c(c3)c3ccccc3n4-c3ccc(F)cc3)cc21. The van der Waals surface area contributed by atoms with Gasteiger partial charge in [0, 0.05) is 44.4 Å². The van der Waals surface area contributed by atoms with Gasteiger partial charge in [-0.3, -0.25) is 0 Å². The highest BCUT2D eigenvalue weighted by atomic mass is 19.1. The van der Waals surface area contributed by atoms with Crippen LogP contribution in [0.3, 0.4) is 0 Å². The second-order valence-corrected chi connectivity index (χ2v) is 15.2. The first-order valence-electron chi connectivity index (χ1n) is 17.8. The normalized spacial score (nSPS) is 14.7. The predicted octanol–water partition coefficient (Wildman–Crippen LogP) is 13.0. The van der Waals surface area contributed by atoms with Crippen LogP contribution >= 0.6 is 0 Å². The minimum absolute atomic E-state index is 0.123. The van der Waals surface area contributed by atoms with Crippen molar-refractivity contribution in [2.75, 3.05) is 4.90 Å². The number of rotatable bonds is 4. The van der Waals surface area contributed by atoms with Crippen LogP contribution in [0, 0.1) is 5.82 Å². The number of anilines is 3. The van der Waals surface area contributed by atoms with E-state index in [9.17, 15) is 4.39 Å². The van der Waals surface area contributed by atoms with Crippen LogP contribution in [0.5, 0.6) is 0 Å². The summed E-state index contributed by atoms with van der Waals surface area (Å²) in [6.07, 6.45) is 0. The summed E-state index contributed by atoms with van der Waals surface area (Å²) in [4.78, 5) is 2.43. The average Bonchev–Trinajstić information content (AvgIpc) is 3.69. The second kappa shape index (κ2) is 10.5. The smallest absolute Gasteiger partial charge is 0.123 e. The highest BCUT2D eigenvalue weighted by Crippen LogP contribution is 2.53. The van der Waals surface area contributed by atoms with E-state index in [1.807, 2.05) is 12.1 Å². The predicted molar refractivity (Wildman–Crippen MR) is 211 cm³/mol. The molecule has 0 N–H and O–H groups in total. The Hall–Kier alpha value is -5.93. The largest absolute Gasteiger partial charge is 0.310 e. The minimum atomic E-state index is -0.237. The van der Waals surface area contributed by atoms with Gasteiger partial charge in [-0.25, -0.2) is 4.39 Å². The van der Waals surface area contributed by atoms with Crippen LogP contribution in [0.25, 0.3) is 49.7 Å². The monoisotopic (exact) mass is 660 g/mol. The van der Waals surface area contributed by atoms with Crippen LogP contribution in [0.4, 0.5) is 21.5 Å². The van der Waals surface area contributed by atoms with Crippen LogP contribution in [-0.4, -0.2) is 4.57 Å². The highest BCUT2D eigenvalue weighted by Gasteiger charge is 2.37. The summed E-state index contributed by atoms with van der Waals surface area (Å²) in [7, 11) is 0. The van der Waals surface area contributed by atoms with E-state index in [-0.39, 0.29) is 16.6 Å². The standard InChI is InChI=1S/C48H37FN2/c1-47(2)41-14-8-5-11-35(41)37-24-21-33(28-43(37)47)50(34-22-25-38-36-12-6-9-15-42(36)48(3,4)44(38)29-34)32-23-26-46-40(27-32)39-13-7-10-16-45(39)51(46)31-19-17-30(49)18-20-31/h5-29H,1-4H3.